The van der Waals surface area contributed by atoms with E-state index in [9.17, 15) is 4.79 Å². The third-order valence-electron chi connectivity index (χ3n) is 4.09. The van der Waals surface area contributed by atoms with E-state index in [2.05, 4.69) is 46.5 Å². The van der Waals surface area contributed by atoms with Crippen LogP contribution in [0.3, 0.4) is 0 Å². The van der Waals surface area contributed by atoms with Crippen molar-refractivity contribution < 1.29 is 9.53 Å². The second-order valence-electron chi connectivity index (χ2n) is 8.65. The number of hydrogen-bond donors (Lipinski definition) is 0. The quantitative estimate of drug-likeness (QED) is 0.499. The number of carbonyl (C=O) groups excluding carboxylic acids is 1. The van der Waals surface area contributed by atoms with Gasteiger partial charge in [0.05, 0.1) is 11.6 Å². The number of unbranched alkanes of at least 4 members (excludes halogenated alkanes) is 1. The van der Waals surface area contributed by atoms with Gasteiger partial charge in [-0.3, -0.25) is 9.78 Å². The summed E-state index contributed by atoms with van der Waals surface area (Å²) < 4.78 is 5.51. The first kappa shape index (κ1) is 19.7. The molecule has 1 aromatic rings. The molecule has 0 fully saturated rings. The SMILES string of the molecule is CC(C)(C)CCCCC(C(=O)OCc1ccccn1)C(C)(C)C. The van der Waals surface area contributed by atoms with Crippen molar-refractivity contribution in [3.63, 3.8) is 0 Å². The van der Waals surface area contributed by atoms with Crippen molar-refractivity contribution in [2.24, 2.45) is 16.7 Å². The van der Waals surface area contributed by atoms with Gasteiger partial charge in [-0.2, -0.15) is 0 Å². The van der Waals surface area contributed by atoms with Crippen LogP contribution in [-0.2, 0) is 16.1 Å². The van der Waals surface area contributed by atoms with Gasteiger partial charge in [-0.05, 0) is 35.8 Å². The summed E-state index contributed by atoms with van der Waals surface area (Å²) in [6, 6.07) is 5.64. The zero-order chi connectivity index (χ0) is 17.5. The largest absolute Gasteiger partial charge is 0.459 e. The molecule has 130 valence electrons. The van der Waals surface area contributed by atoms with Gasteiger partial charge in [0.15, 0.2) is 0 Å². The zero-order valence-electron chi connectivity index (χ0n) is 15.7. The van der Waals surface area contributed by atoms with Gasteiger partial charge >= 0.3 is 5.97 Å². The van der Waals surface area contributed by atoms with Crippen molar-refractivity contribution in [1.82, 2.24) is 4.98 Å². The summed E-state index contributed by atoms with van der Waals surface area (Å²) in [6.07, 6.45) is 6.02. The average Bonchev–Trinajstić information content (AvgIpc) is 2.43. The lowest BCUT2D eigenvalue weighted by Crippen LogP contribution is -2.30. The predicted octanol–water partition coefficient (Wildman–Crippen LogP) is 5.39. The zero-order valence-corrected chi connectivity index (χ0v) is 15.7. The molecule has 0 aliphatic rings. The summed E-state index contributed by atoms with van der Waals surface area (Å²) >= 11 is 0. The fraction of sp³-hybridized carbons (Fsp3) is 0.700. The molecule has 1 atom stereocenters. The molecule has 23 heavy (non-hydrogen) atoms. The van der Waals surface area contributed by atoms with Crippen LogP contribution in [0.2, 0.25) is 0 Å². The van der Waals surface area contributed by atoms with Crippen LogP contribution in [-0.4, -0.2) is 11.0 Å². The van der Waals surface area contributed by atoms with Gasteiger partial charge in [0, 0.05) is 6.20 Å². The number of carbonyl (C=O) groups is 1. The summed E-state index contributed by atoms with van der Waals surface area (Å²) in [4.78, 5) is 16.7. The molecular weight excluding hydrogens is 286 g/mol. The summed E-state index contributed by atoms with van der Waals surface area (Å²) in [5.74, 6) is -0.162. The molecule has 1 unspecified atom stereocenters. The topological polar surface area (TPSA) is 39.2 Å². The summed E-state index contributed by atoms with van der Waals surface area (Å²) in [5.41, 5.74) is 1.07. The second-order valence-corrected chi connectivity index (χ2v) is 8.65. The van der Waals surface area contributed by atoms with E-state index in [1.54, 1.807) is 6.20 Å². The van der Waals surface area contributed by atoms with E-state index in [1.165, 1.54) is 6.42 Å². The number of ether oxygens (including phenoxy) is 1. The Kier molecular flexibility index (Phi) is 7.24. The molecule has 0 aliphatic carbocycles. The fourth-order valence-corrected chi connectivity index (χ4v) is 2.64. The fourth-order valence-electron chi connectivity index (χ4n) is 2.64. The van der Waals surface area contributed by atoms with E-state index >= 15 is 0 Å². The highest BCUT2D eigenvalue weighted by atomic mass is 16.5. The molecule has 0 saturated carbocycles. The Labute approximate surface area is 141 Å². The van der Waals surface area contributed by atoms with Crippen LogP contribution in [0.5, 0.6) is 0 Å². The van der Waals surface area contributed by atoms with Gasteiger partial charge < -0.3 is 4.74 Å². The van der Waals surface area contributed by atoms with Crippen molar-refractivity contribution >= 4 is 5.97 Å². The molecular formula is C20H33NO2. The number of hydrogen-bond acceptors (Lipinski definition) is 3. The van der Waals surface area contributed by atoms with E-state index in [-0.39, 0.29) is 23.9 Å². The smallest absolute Gasteiger partial charge is 0.309 e. The van der Waals surface area contributed by atoms with Crippen molar-refractivity contribution in [1.29, 1.82) is 0 Å². The Hall–Kier alpha value is -1.38. The third kappa shape index (κ3) is 8.15. The predicted molar refractivity (Wildman–Crippen MR) is 94.9 cm³/mol. The van der Waals surface area contributed by atoms with E-state index in [0.717, 1.165) is 25.0 Å². The Morgan fingerprint density at radius 3 is 2.35 bits per heavy atom. The summed E-state index contributed by atoms with van der Waals surface area (Å²) in [5, 5.41) is 0. The molecule has 1 aromatic heterocycles. The highest BCUT2D eigenvalue weighted by Gasteiger charge is 2.32. The molecule has 0 aromatic carbocycles. The Balaban J connectivity index is 2.51. The van der Waals surface area contributed by atoms with E-state index in [4.69, 9.17) is 4.74 Å². The molecule has 0 spiro atoms. The van der Waals surface area contributed by atoms with Crippen molar-refractivity contribution in [2.75, 3.05) is 0 Å². The Morgan fingerprint density at radius 2 is 1.83 bits per heavy atom. The maximum absolute atomic E-state index is 12.5. The average molecular weight is 319 g/mol. The monoisotopic (exact) mass is 319 g/mol. The Bertz CT molecular complexity index is 469. The molecule has 0 N–H and O–H groups in total. The molecule has 0 amide bonds. The maximum atomic E-state index is 12.5. The van der Waals surface area contributed by atoms with Crippen LogP contribution in [0.15, 0.2) is 24.4 Å². The molecule has 0 bridgehead atoms. The van der Waals surface area contributed by atoms with Gasteiger partial charge in [0.1, 0.15) is 6.61 Å². The van der Waals surface area contributed by atoms with Gasteiger partial charge in [-0.15, -0.1) is 0 Å². The minimum atomic E-state index is -0.0982. The maximum Gasteiger partial charge on any atom is 0.309 e. The first-order chi connectivity index (χ1) is 10.6. The van der Waals surface area contributed by atoms with Crippen molar-refractivity contribution in [3.8, 4) is 0 Å². The summed E-state index contributed by atoms with van der Waals surface area (Å²) in [7, 11) is 0. The van der Waals surface area contributed by atoms with Crippen LogP contribution in [0.4, 0.5) is 0 Å². The van der Waals surface area contributed by atoms with Crippen molar-refractivity contribution in [2.45, 2.75) is 73.8 Å². The highest BCUT2D eigenvalue weighted by molar-refractivity contribution is 5.73. The number of esters is 1. The molecule has 0 aliphatic heterocycles. The minimum Gasteiger partial charge on any atom is -0.459 e. The van der Waals surface area contributed by atoms with Gasteiger partial charge in [0.2, 0.25) is 0 Å². The molecule has 3 heteroatoms. The van der Waals surface area contributed by atoms with Crippen LogP contribution in [0, 0.1) is 16.7 Å². The first-order valence-electron chi connectivity index (χ1n) is 8.66. The second kappa shape index (κ2) is 8.47. The lowest BCUT2D eigenvalue weighted by molar-refractivity contribution is -0.154. The summed E-state index contributed by atoms with van der Waals surface area (Å²) in [6.45, 7) is 13.4. The molecule has 1 rings (SSSR count). The molecule has 1 heterocycles. The van der Waals surface area contributed by atoms with Crippen LogP contribution < -0.4 is 0 Å². The molecule has 0 saturated heterocycles. The van der Waals surface area contributed by atoms with Crippen LogP contribution in [0.1, 0.15) is 72.9 Å². The molecule has 3 nitrogen and oxygen atoms in total. The van der Waals surface area contributed by atoms with Crippen LogP contribution >= 0.6 is 0 Å². The lowest BCUT2D eigenvalue weighted by Gasteiger charge is -2.29. The van der Waals surface area contributed by atoms with Gasteiger partial charge in [-0.25, -0.2) is 0 Å². The van der Waals surface area contributed by atoms with Crippen LogP contribution in [0.25, 0.3) is 0 Å². The first-order valence-corrected chi connectivity index (χ1v) is 8.66. The van der Waals surface area contributed by atoms with E-state index in [0.29, 0.717) is 5.41 Å². The molecule has 0 radical (unpaired) electrons. The number of nitrogens with zero attached hydrogens (tertiary/aromatic N) is 1. The normalized spacial score (nSPS) is 13.7. The highest BCUT2D eigenvalue weighted by Crippen LogP contribution is 2.32. The van der Waals surface area contributed by atoms with E-state index in [1.807, 2.05) is 18.2 Å². The minimum absolute atomic E-state index is 0.0637. The van der Waals surface area contributed by atoms with Gasteiger partial charge in [0.25, 0.3) is 0 Å². The Morgan fingerprint density at radius 1 is 1.13 bits per heavy atom. The van der Waals surface area contributed by atoms with Gasteiger partial charge in [-0.1, -0.05) is 60.5 Å². The van der Waals surface area contributed by atoms with E-state index < -0.39 is 0 Å². The number of pyridine rings is 1. The third-order valence-corrected chi connectivity index (χ3v) is 4.09. The lowest BCUT2D eigenvalue weighted by atomic mass is 9.77. The standard InChI is InChI=1S/C20H33NO2/c1-19(2,3)13-9-7-12-17(20(4,5)6)18(22)23-15-16-11-8-10-14-21-16/h8,10-11,14,17H,7,9,12-13,15H2,1-6H3. The number of rotatable bonds is 7. The van der Waals surface area contributed by atoms with Crippen molar-refractivity contribution in [3.05, 3.63) is 30.1 Å². The number of aromatic nitrogens is 1.